The quantitative estimate of drug-likeness (QED) is 0.370. The van der Waals surface area contributed by atoms with Gasteiger partial charge >= 0.3 is 56.9 Å². The second-order valence-electron chi connectivity index (χ2n) is 5.09. The molecule has 0 aromatic heterocycles. The van der Waals surface area contributed by atoms with Gasteiger partial charge in [-0.3, -0.25) is 9.29 Å². The molecule has 1 saturated heterocycles. The van der Waals surface area contributed by atoms with Gasteiger partial charge in [0.15, 0.2) is 0 Å². The van der Waals surface area contributed by atoms with Crippen LogP contribution in [0.25, 0.3) is 0 Å². The SMILES string of the molecule is O=S(=O)(O)C1(F)OC1(F)C(F)(F)C(F)(C(F)(F)C(F)(F)F)C(F)(F)C(F)(F)F. The van der Waals surface area contributed by atoms with E-state index in [0.29, 0.717) is 0 Å². The number of rotatable bonds is 5. The first kappa shape index (κ1) is 24.9. The molecule has 1 N–H and O–H groups in total. The lowest BCUT2D eigenvalue weighted by atomic mass is 9.80. The molecule has 2 unspecified atom stereocenters. The van der Waals surface area contributed by atoms with Crippen LogP contribution in [0.1, 0.15) is 0 Å². The summed E-state index contributed by atoms with van der Waals surface area (Å²) in [5.41, 5.74) is -8.74. The highest BCUT2D eigenvalue weighted by Gasteiger charge is 3.05. The van der Waals surface area contributed by atoms with Crippen LogP contribution in [0.3, 0.4) is 0 Å². The van der Waals surface area contributed by atoms with Gasteiger partial charge in [0.1, 0.15) is 0 Å². The Labute approximate surface area is 142 Å². The van der Waals surface area contributed by atoms with Crippen LogP contribution < -0.4 is 0 Å². The lowest BCUT2D eigenvalue weighted by molar-refractivity contribution is -0.451. The van der Waals surface area contributed by atoms with Gasteiger partial charge in [-0.1, -0.05) is 0 Å². The Morgan fingerprint density at radius 2 is 0.964 bits per heavy atom. The Kier molecular flexibility index (Phi) is 4.87. The normalized spacial score (nSPS) is 28.4. The number of hydrogen-bond acceptors (Lipinski definition) is 3. The molecule has 20 heteroatoms. The van der Waals surface area contributed by atoms with Crippen LogP contribution >= 0.6 is 0 Å². The van der Waals surface area contributed by atoms with E-state index in [9.17, 15) is 74.3 Å². The van der Waals surface area contributed by atoms with Gasteiger partial charge in [0.05, 0.1) is 0 Å². The maximum Gasteiger partial charge on any atom is 0.457 e. The number of halogens is 15. The summed E-state index contributed by atoms with van der Waals surface area (Å²) in [6.07, 6.45) is -16.0. The fourth-order valence-electron chi connectivity index (χ4n) is 1.83. The summed E-state index contributed by atoms with van der Waals surface area (Å²) in [6.45, 7) is 0. The standard InChI is InChI=1S/C8HF15O4S/c9-1(3(12,13)6(17,18)19,4(14,15)7(20,21)22)2(10,11)5(16)8(23,27-5)28(24,25)26/h(H,24,25,26). The van der Waals surface area contributed by atoms with Crippen LogP contribution in [0.2, 0.25) is 0 Å². The third-order valence-electron chi connectivity index (χ3n) is 3.36. The molecule has 1 aliphatic rings. The smallest absolute Gasteiger partial charge is 0.281 e. The number of ether oxygens (including phenoxy) is 1. The molecular weight excluding hydrogens is 477 g/mol. The number of alkyl halides is 15. The molecular formula is C8HF15O4S. The van der Waals surface area contributed by atoms with E-state index in [1.54, 1.807) is 0 Å². The van der Waals surface area contributed by atoms with Gasteiger partial charge in [-0.2, -0.15) is 69.9 Å². The molecule has 0 bridgehead atoms. The van der Waals surface area contributed by atoms with Crippen molar-refractivity contribution in [2.24, 2.45) is 0 Å². The Morgan fingerprint density at radius 1 is 0.679 bits per heavy atom. The average Bonchev–Trinajstić information content (AvgIpc) is 3.00. The monoisotopic (exact) mass is 478 g/mol. The summed E-state index contributed by atoms with van der Waals surface area (Å²) in [4.78, 5) is 0. The first-order chi connectivity index (χ1) is 11.7. The fourth-order valence-corrected chi connectivity index (χ4v) is 2.51. The van der Waals surface area contributed by atoms with Crippen molar-refractivity contribution < 1.29 is 83.6 Å². The average molecular weight is 478 g/mol. The van der Waals surface area contributed by atoms with Crippen LogP contribution in [0, 0.1) is 0 Å². The highest BCUT2D eigenvalue weighted by molar-refractivity contribution is 7.87. The van der Waals surface area contributed by atoms with Gasteiger partial charge in [0, 0.05) is 0 Å². The predicted octanol–water partition coefficient (Wildman–Crippen LogP) is 3.93. The van der Waals surface area contributed by atoms with Gasteiger partial charge in [-0.05, 0) is 0 Å². The molecule has 0 aromatic rings. The second kappa shape index (κ2) is 5.49. The van der Waals surface area contributed by atoms with Crippen LogP contribution in [-0.2, 0) is 14.9 Å². The van der Waals surface area contributed by atoms with E-state index in [4.69, 9.17) is 4.55 Å². The van der Waals surface area contributed by atoms with E-state index >= 15 is 0 Å². The summed E-state index contributed by atoms with van der Waals surface area (Å²) >= 11 is 0. The Bertz CT molecular complexity index is 727. The topological polar surface area (TPSA) is 66.9 Å². The molecule has 0 saturated carbocycles. The van der Waals surface area contributed by atoms with Crippen molar-refractivity contribution in [3.63, 3.8) is 0 Å². The zero-order valence-corrected chi connectivity index (χ0v) is 12.6. The molecule has 1 rings (SSSR count). The van der Waals surface area contributed by atoms with Crippen LogP contribution in [-0.4, -0.2) is 59.8 Å². The van der Waals surface area contributed by atoms with Crippen molar-refractivity contribution in [2.75, 3.05) is 0 Å². The molecule has 0 amide bonds. The molecule has 1 fully saturated rings. The van der Waals surface area contributed by atoms with E-state index < -0.39 is 56.9 Å². The summed E-state index contributed by atoms with van der Waals surface area (Å²) in [6, 6.07) is 0. The van der Waals surface area contributed by atoms with Gasteiger partial charge in [0.25, 0.3) is 0 Å². The minimum atomic E-state index is -8.74. The van der Waals surface area contributed by atoms with Crippen molar-refractivity contribution in [3.8, 4) is 0 Å². The molecule has 0 aliphatic carbocycles. The Balaban J connectivity index is 3.97. The first-order valence-electron chi connectivity index (χ1n) is 5.71. The van der Waals surface area contributed by atoms with Gasteiger partial charge in [-0.25, -0.2) is 4.39 Å². The van der Waals surface area contributed by atoms with Gasteiger partial charge in [-0.15, -0.1) is 0 Å². The molecule has 2 atom stereocenters. The number of epoxide rings is 1. The second-order valence-corrected chi connectivity index (χ2v) is 6.56. The van der Waals surface area contributed by atoms with E-state index in [1.807, 2.05) is 0 Å². The molecule has 0 spiro atoms. The summed E-state index contributed by atoms with van der Waals surface area (Å²) in [5, 5.41) is -6.16. The zero-order chi connectivity index (χ0) is 23.2. The third-order valence-corrected chi connectivity index (χ3v) is 4.37. The lowest BCUT2D eigenvalue weighted by Gasteiger charge is -2.43. The fraction of sp³-hybridized carbons (Fsp3) is 1.00. The first-order valence-corrected chi connectivity index (χ1v) is 7.15. The van der Waals surface area contributed by atoms with Crippen molar-refractivity contribution >= 4 is 10.1 Å². The van der Waals surface area contributed by atoms with Crippen molar-refractivity contribution in [3.05, 3.63) is 0 Å². The number of hydrogen-bond donors (Lipinski definition) is 1. The largest absolute Gasteiger partial charge is 0.457 e. The highest BCUT2D eigenvalue weighted by Crippen LogP contribution is 2.71. The van der Waals surface area contributed by atoms with Gasteiger partial charge < -0.3 is 0 Å². The van der Waals surface area contributed by atoms with Gasteiger partial charge in [0.2, 0.25) is 0 Å². The molecule has 0 radical (unpaired) electrons. The van der Waals surface area contributed by atoms with Crippen LogP contribution in [0.15, 0.2) is 0 Å². The summed E-state index contributed by atoms with van der Waals surface area (Å²) < 4.78 is 225. The van der Waals surface area contributed by atoms with Crippen molar-refractivity contribution in [2.45, 2.75) is 46.8 Å². The molecule has 1 aliphatic heterocycles. The van der Waals surface area contributed by atoms with Crippen molar-refractivity contribution in [1.29, 1.82) is 0 Å². The maximum atomic E-state index is 13.9. The maximum absolute atomic E-state index is 13.9. The summed E-state index contributed by atoms with van der Waals surface area (Å²) in [7, 11) is -7.10. The van der Waals surface area contributed by atoms with Crippen molar-refractivity contribution in [1.82, 2.24) is 0 Å². The third kappa shape index (κ3) is 2.52. The Hall–Kier alpha value is -1.18. The minimum Gasteiger partial charge on any atom is -0.281 e. The molecule has 28 heavy (non-hydrogen) atoms. The highest BCUT2D eigenvalue weighted by atomic mass is 32.2. The predicted molar refractivity (Wildman–Crippen MR) is 51.1 cm³/mol. The van der Waals surface area contributed by atoms with E-state index in [0.717, 1.165) is 0 Å². The molecule has 1 heterocycles. The minimum absolute atomic E-state index is 2.22. The van der Waals surface area contributed by atoms with Crippen LogP contribution in [0.4, 0.5) is 65.9 Å². The van der Waals surface area contributed by atoms with E-state index in [-0.39, 0.29) is 0 Å². The zero-order valence-electron chi connectivity index (χ0n) is 11.7. The molecule has 4 nitrogen and oxygen atoms in total. The Morgan fingerprint density at radius 3 is 1.14 bits per heavy atom. The summed E-state index contributed by atoms with van der Waals surface area (Å²) in [5.74, 6) is -32.1. The molecule has 0 aromatic carbocycles. The molecule has 168 valence electrons. The van der Waals surface area contributed by atoms with E-state index in [1.165, 1.54) is 0 Å². The van der Waals surface area contributed by atoms with Crippen LogP contribution in [0.5, 0.6) is 0 Å². The van der Waals surface area contributed by atoms with E-state index in [2.05, 4.69) is 4.74 Å². The lowest BCUT2D eigenvalue weighted by Crippen LogP contribution is -2.77.